The van der Waals surface area contributed by atoms with Gasteiger partial charge in [0.15, 0.2) is 5.16 Å². The molecule has 120 valence electrons. The van der Waals surface area contributed by atoms with Crippen LogP contribution in [0.2, 0.25) is 0 Å². The maximum absolute atomic E-state index is 11.5. The third kappa shape index (κ3) is 3.92. The first-order valence-electron chi connectivity index (χ1n) is 7.84. The molecule has 1 fully saturated rings. The van der Waals surface area contributed by atoms with Gasteiger partial charge >= 0.3 is 5.69 Å². The van der Waals surface area contributed by atoms with E-state index in [1.807, 2.05) is 0 Å². The van der Waals surface area contributed by atoms with Gasteiger partial charge in [-0.3, -0.25) is 4.57 Å². The molecule has 1 heterocycles. The van der Waals surface area contributed by atoms with Gasteiger partial charge in [0.2, 0.25) is 0 Å². The highest BCUT2D eigenvalue weighted by molar-refractivity contribution is 7.99. The SMILES string of the molecule is CCNC1CCC(C(C)(C)C)CC1Sc1n[nH]c(=O)n1C. The Hall–Kier alpha value is -0.750. The second-order valence-electron chi connectivity index (χ2n) is 7.07. The molecule has 21 heavy (non-hydrogen) atoms. The molecule has 1 aromatic rings. The summed E-state index contributed by atoms with van der Waals surface area (Å²) in [5.41, 5.74) is 0.202. The second kappa shape index (κ2) is 6.57. The van der Waals surface area contributed by atoms with Crippen LogP contribution < -0.4 is 11.0 Å². The van der Waals surface area contributed by atoms with Crippen LogP contribution in [0.4, 0.5) is 0 Å². The predicted octanol–water partition coefficient (Wildman–Crippen LogP) is 2.39. The molecule has 6 heteroatoms. The van der Waals surface area contributed by atoms with Gasteiger partial charge < -0.3 is 5.32 Å². The van der Waals surface area contributed by atoms with Crippen molar-refractivity contribution in [3.63, 3.8) is 0 Å². The molecule has 2 N–H and O–H groups in total. The smallest absolute Gasteiger partial charge is 0.313 e. The number of H-pyrrole nitrogens is 1. The van der Waals surface area contributed by atoms with Crippen molar-refractivity contribution in [2.75, 3.05) is 6.54 Å². The Bertz CT molecular complexity index is 516. The maximum atomic E-state index is 11.5. The quantitative estimate of drug-likeness (QED) is 0.896. The zero-order chi connectivity index (χ0) is 15.6. The molecule has 0 bridgehead atoms. The van der Waals surface area contributed by atoms with E-state index >= 15 is 0 Å². The molecule has 1 saturated carbocycles. The average Bonchev–Trinajstić information content (AvgIpc) is 2.72. The summed E-state index contributed by atoms with van der Waals surface area (Å²) in [5, 5.41) is 11.6. The summed E-state index contributed by atoms with van der Waals surface area (Å²) < 4.78 is 1.61. The number of hydrogen-bond acceptors (Lipinski definition) is 4. The molecule has 0 aromatic carbocycles. The molecule has 0 amide bonds. The van der Waals surface area contributed by atoms with Crippen LogP contribution in [-0.4, -0.2) is 32.6 Å². The van der Waals surface area contributed by atoms with E-state index in [4.69, 9.17) is 0 Å². The lowest BCUT2D eigenvalue weighted by atomic mass is 9.71. The van der Waals surface area contributed by atoms with Crippen molar-refractivity contribution in [3.05, 3.63) is 10.5 Å². The lowest BCUT2D eigenvalue weighted by Crippen LogP contribution is -2.44. The van der Waals surface area contributed by atoms with E-state index < -0.39 is 0 Å². The standard InChI is InChI=1S/C15H28N4OS/c1-6-16-11-8-7-10(15(2,3)4)9-12(11)21-14-18-17-13(20)19(14)5/h10-12,16H,6-9H2,1-5H3,(H,17,20). The molecule has 0 spiro atoms. The first-order chi connectivity index (χ1) is 9.82. The predicted molar refractivity (Wildman–Crippen MR) is 87.7 cm³/mol. The number of thioether (sulfide) groups is 1. The molecule has 1 aliphatic rings. The molecule has 3 atom stereocenters. The van der Waals surface area contributed by atoms with Gasteiger partial charge in [0.05, 0.1) is 0 Å². The highest BCUT2D eigenvalue weighted by atomic mass is 32.2. The fraction of sp³-hybridized carbons (Fsp3) is 0.867. The van der Waals surface area contributed by atoms with E-state index in [1.165, 1.54) is 19.3 Å². The monoisotopic (exact) mass is 312 g/mol. The van der Waals surface area contributed by atoms with Crippen molar-refractivity contribution in [3.8, 4) is 0 Å². The number of aromatic nitrogens is 3. The van der Waals surface area contributed by atoms with Crippen LogP contribution in [0.3, 0.4) is 0 Å². The second-order valence-corrected chi connectivity index (χ2v) is 8.27. The number of aromatic amines is 1. The first-order valence-corrected chi connectivity index (χ1v) is 8.72. The van der Waals surface area contributed by atoms with Crippen molar-refractivity contribution in [1.29, 1.82) is 0 Å². The fourth-order valence-corrected chi connectivity index (χ4v) is 4.45. The Morgan fingerprint density at radius 3 is 2.67 bits per heavy atom. The van der Waals surface area contributed by atoms with Gasteiger partial charge in [0.1, 0.15) is 0 Å². The van der Waals surface area contributed by atoms with Crippen LogP contribution in [-0.2, 0) is 7.05 Å². The molecule has 0 aliphatic heterocycles. The molecule has 3 unspecified atom stereocenters. The van der Waals surface area contributed by atoms with Crippen LogP contribution in [0.15, 0.2) is 9.95 Å². The highest BCUT2D eigenvalue weighted by Gasteiger charge is 2.36. The summed E-state index contributed by atoms with van der Waals surface area (Å²) in [6.45, 7) is 10.1. The van der Waals surface area contributed by atoms with Gasteiger partial charge in [-0.15, -0.1) is 5.10 Å². The first kappa shape index (κ1) is 16.6. The molecule has 2 rings (SSSR count). The third-order valence-electron chi connectivity index (χ3n) is 4.58. The van der Waals surface area contributed by atoms with E-state index in [2.05, 4.69) is 43.2 Å². The van der Waals surface area contributed by atoms with Crippen molar-refractivity contribution >= 4 is 11.8 Å². The van der Waals surface area contributed by atoms with Crippen LogP contribution >= 0.6 is 11.8 Å². The van der Waals surface area contributed by atoms with Gasteiger partial charge in [0, 0.05) is 18.3 Å². The number of nitrogens with one attached hydrogen (secondary N) is 2. The minimum atomic E-state index is -0.138. The van der Waals surface area contributed by atoms with E-state index in [9.17, 15) is 4.79 Å². The summed E-state index contributed by atoms with van der Waals surface area (Å²) >= 11 is 1.74. The van der Waals surface area contributed by atoms with Crippen LogP contribution in [0.1, 0.15) is 47.0 Å². The lowest BCUT2D eigenvalue weighted by molar-refractivity contribution is 0.165. The van der Waals surface area contributed by atoms with E-state index in [0.717, 1.165) is 17.6 Å². The Morgan fingerprint density at radius 2 is 2.14 bits per heavy atom. The van der Waals surface area contributed by atoms with Crippen molar-refractivity contribution in [2.45, 2.75) is 63.4 Å². The number of nitrogens with zero attached hydrogens (tertiary/aromatic N) is 2. The third-order valence-corrected chi connectivity index (χ3v) is 5.98. The Morgan fingerprint density at radius 1 is 1.43 bits per heavy atom. The highest BCUT2D eigenvalue weighted by Crippen LogP contribution is 2.42. The fourth-order valence-electron chi connectivity index (χ4n) is 3.11. The normalized spacial score (nSPS) is 27.0. The van der Waals surface area contributed by atoms with Crippen LogP contribution in [0.25, 0.3) is 0 Å². The average molecular weight is 312 g/mol. The molecular weight excluding hydrogens is 284 g/mol. The lowest BCUT2D eigenvalue weighted by Gasteiger charge is -2.41. The minimum absolute atomic E-state index is 0.138. The van der Waals surface area contributed by atoms with E-state index in [1.54, 1.807) is 23.4 Å². The zero-order valence-corrected chi connectivity index (χ0v) is 14.6. The van der Waals surface area contributed by atoms with Crippen LogP contribution in [0, 0.1) is 11.3 Å². The Kier molecular flexibility index (Phi) is 5.20. The van der Waals surface area contributed by atoms with Gasteiger partial charge in [-0.1, -0.05) is 39.5 Å². The summed E-state index contributed by atoms with van der Waals surface area (Å²) in [5.74, 6) is 0.723. The molecule has 1 aromatic heterocycles. The summed E-state index contributed by atoms with van der Waals surface area (Å²) in [7, 11) is 1.78. The van der Waals surface area contributed by atoms with Gasteiger partial charge in [-0.2, -0.15) is 0 Å². The Labute approximate surface area is 131 Å². The minimum Gasteiger partial charge on any atom is -0.313 e. The molecular formula is C15H28N4OS. The molecule has 0 saturated heterocycles. The number of rotatable bonds is 4. The maximum Gasteiger partial charge on any atom is 0.343 e. The summed E-state index contributed by atoms with van der Waals surface area (Å²) in [6, 6.07) is 0.505. The van der Waals surface area contributed by atoms with Gasteiger partial charge in [-0.25, -0.2) is 9.89 Å². The summed E-state index contributed by atoms with van der Waals surface area (Å²) in [6.07, 6.45) is 3.65. The summed E-state index contributed by atoms with van der Waals surface area (Å²) in [4.78, 5) is 11.5. The molecule has 5 nitrogen and oxygen atoms in total. The van der Waals surface area contributed by atoms with Crippen molar-refractivity contribution in [2.24, 2.45) is 18.4 Å². The van der Waals surface area contributed by atoms with Crippen molar-refractivity contribution in [1.82, 2.24) is 20.1 Å². The van der Waals surface area contributed by atoms with Gasteiger partial charge in [-0.05, 0) is 37.1 Å². The molecule has 1 aliphatic carbocycles. The molecule has 0 radical (unpaired) electrons. The number of hydrogen-bond donors (Lipinski definition) is 2. The van der Waals surface area contributed by atoms with Crippen LogP contribution in [0.5, 0.6) is 0 Å². The van der Waals surface area contributed by atoms with Crippen molar-refractivity contribution < 1.29 is 0 Å². The Balaban J connectivity index is 2.14. The van der Waals surface area contributed by atoms with E-state index in [-0.39, 0.29) is 5.69 Å². The topological polar surface area (TPSA) is 62.7 Å². The zero-order valence-electron chi connectivity index (χ0n) is 13.8. The van der Waals surface area contributed by atoms with Gasteiger partial charge in [0.25, 0.3) is 0 Å². The van der Waals surface area contributed by atoms with E-state index in [0.29, 0.717) is 16.7 Å². The largest absolute Gasteiger partial charge is 0.343 e.